The first-order valence-corrected chi connectivity index (χ1v) is 9.50. The number of aliphatic hydroxyl groups is 2. The summed E-state index contributed by atoms with van der Waals surface area (Å²) in [6.07, 6.45) is 3.07. The van der Waals surface area contributed by atoms with Crippen molar-refractivity contribution in [2.75, 3.05) is 13.2 Å². The molecule has 4 rings (SSSR count). The first-order chi connectivity index (χ1) is 12.7. The maximum absolute atomic E-state index is 10.5. The summed E-state index contributed by atoms with van der Waals surface area (Å²) < 4.78 is 11.4. The highest BCUT2D eigenvalue weighted by Crippen LogP contribution is 2.33. The van der Waals surface area contributed by atoms with Gasteiger partial charge < -0.3 is 19.7 Å². The Morgan fingerprint density at radius 1 is 0.654 bits per heavy atom. The van der Waals surface area contributed by atoms with E-state index in [9.17, 15) is 10.2 Å². The van der Waals surface area contributed by atoms with E-state index in [1.807, 2.05) is 48.5 Å². The lowest BCUT2D eigenvalue weighted by atomic mass is 9.98. The second-order valence-electron chi connectivity index (χ2n) is 7.54. The molecule has 26 heavy (non-hydrogen) atoms. The summed E-state index contributed by atoms with van der Waals surface area (Å²) in [6, 6.07) is 14.6. The number of benzene rings is 2. The van der Waals surface area contributed by atoms with Gasteiger partial charge in [0.25, 0.3) is 0 Å². The molecule has 2 aromatic carbocycles. The SMILES string of the molecule is OC(c1ccc(OCC2CC2)cc1)C(O)c1ccc(OCC2CC2)cc1. The zero-order valence-corrected chi connectivity index (χ0v) is 14.9. The predicted octanol–water partition coefficient (Wildman–Crippen LogP) is 4.03. The third-order valence-electron chi connectivity index (χ3n) is 5.11. The van der Waals surface area contributed by atoms with Crippen LogP contribution in [0.25, 0.3) is 0 Å². The van der Waals surface area contributed by atoms with Crippen LogP contribution in [-0.2, 0) is 0 Å². The molecule has 2 saturated carbocycles. The molecule has 2 aliphatic rings. The van der Waals surface area contributed by atoms with E-state index in [1.54, 1.807) is 0 Å². The van der Waals surface area contributed by atoms with E-state index in [0.717, 1.165) is 24.7 Å². The number of hydrogen-bond donors (Lipinski definition) is 2. The highest BCUT2D eigenvalue weighted by atomic mass is 16.5. The minimum atomic E-state index is -0.981. The fourth-order valence-corrected chi connectivity index (χ4v) is 2.88. The molecule has 0 spiro atoms. The fourth-order valence-electron chi connectivity index (χ4n) is 2.88. The van der Waals surface area contributed by atoms with E-state index in [1.165, 1.54) is 25.7 Å². The van der Waals surface area contributed by atoms with Crippen LogP contribution in [0.5, 0.6) is 11.5 Å². The summed E-state index contributed by atoms with van der Waals surface area (Å²) >= 11 is 0. The van der Waals surface area contributed by atoms with Gasteiger partial charge in [0.1, 0.15) is 23.7 Å². The lowest BCUT2D eigenvalue weighted by molar-refractivity contribution is 0.0172. The van der Waals surface area contributed by atoms with Gasteiger partial charge in [0.15, 0.2) is 0 Å². The fraction of sp³-hybridized carbons (Fsp3) is 0.455. The van der Waals surface area contributed by atoms with Crippen LogP contribution in [0.1, 0.15) is 49.0 Å². The first kappa shape index (κ1) is 17.4. The molecule has 2 fully saturated rings. The average Bonchev–Trinajstić information content (AvgIpc) is 3.59. The van der Waals surface area contributed by atoms with Gasteiger partial charge in [0.05, 0.1) is 13.2 Å². The van der Waals surface area contributed by atoms with Crippen LogP contribution in [0.3, 0.4) is 0 Å². The Bertz CT molecular complexity index is 638. The van der Waals surface area contributed by atoms with Crippen molar-refractivity contribution in [3.8, 4) is 11.5 Å². The molecule has 0 radical (unpaired) electrons. The van der Waals surface area contributed by atoms with Gasteiger partial charge in [-0.2, -0.15) is 0 Å². The lowest BCUT2D eigenvalue weighted by Crippen LogP contribution is -2.10. The van der Waals surface area contributed by atoms with E-state index >= 15 is 0 Å². The predicted molar refractivity (Wildman–Crippen MR) is 99.2 cm³/mol. The van der Waals surface area contributed by atoms with Crippen molar-refractivity contribution >= 4 is 0 Å². The number of ether oxygens (including phenoxy) is 2. The highest BCUT2D eigenvalue weighted by molar-refractivity contribution is 5.33. The minimum Gasteiger partial charge on any atom is -0.493 e. The Morgan fingerprint density at radius 3 is 1.31 bits per heavy atom. The number of aliphatic hydroxyl groups excluding tert-OH is 2. The van der Waals surface area contributed by atoms with Crippen LogP contribution < -0.4 is 9.47 Å². The Labute approximate surface area is 154 Å². The molecule has 2 aliphatic carbocycles. The van der Waals surface area contributed by atoms with Crippen LogP contribution in [0.15, 0.2) is 48.5 Å². The third kappa shape index (κ3) is 4.57. The molecule has 0 amide bonds. The summed E-state index contributed by atoms with van der Waals surface area (Å²) in [5.41, 5.74) is 1.34. The highest BCUT2D eigenvalue weighted by Gasteiger charge is 2.23. The van der Waals surface area contributed by atoms with Gasteiger partial charge in [-0.25, -0.2) is 0 Å². The average molecular weight is 354 g/mol. The van der Waals surface area contributed by atoms with Gasteiger partial charge in [-0.3, -0.25) is 0 Å². The standard InChI is InChI=1S/C22H26O4/c23-21(17-5-9-19(10-6-17)25-13-15-1-2-15)22(24)18-7-11-20(12-8-18)26-14-16-3-4-16/h5-12,15-16,21-24H,1-4,13-14H2. The van der Waals surface area contributed by atoms with Gasteiger partial charge in [-0.1, -0.05) is 24.3 Å². The molecular weight excluding hydrogens is 328 g/mol. The molecule has 0 aromatic heterocycles. The molecule has 0 aliphatic heterocycles. The molecule has 4 heteroatoms. The molecule has 0 saturated heterocycles. The van der Waals surface area contributed by atoms with Crippen LogP contribution in [-0.4, -0.2) is 23.4 Å². The van der Waals surface area contributed by atoms with Crippen LogP contribution >= 0.6 is 0 Å². The van der Waals surface area contributed by atoms with Gasteiger partial charge in [-0.05, 0) is 72.9 Å². The van der Waals surface area contributed by atoms with Crippen molar-refractivity contribution < 1.29 is 19.7 Å². The van der Waals surface area contributed by atoms with Crippen molar-refractivity contribution in [3.63, 3.8) is 0 Å². The molecule has 2 unspecified atom stereocenters. The van der Waals surface area contributed by atoms with E-state index in [4.69, 9.17) is 9.47 Å². The number of rotatable bonds is 9. The molecular formula is C22H26O4. The van der Waals surface area contributed by atoms with E-state index in [-0.39, 0.29) is 0 Å². The number of hydrogen-bond acceptors (Lipinski definition) is 4. The maximum Gasteiger partial charge on any atom is 0.119 e. The van der Waals surface area contributed by atoms with E-state index in [0.29, 0.717) is 23.0 Å². The van der Waals surface area contributed by atoms with Crippen LogP contribution in [0.4, 0.5) is 0 Å². The molecule has 0 heterocycles. The largest absolute Gasteiger partial charge is 0.493 e. The minimum absolute atomic E-state index is 0.672. The van der Waals surface area contributed by atoms with Crippen molar-refractivity contribution in [2.45, 2.75) is 37.9 Å². The smallest absolute Gasteiger partial charge is 0.119 e. The van der Waals surface area contributed by atoms with Crippen LogP contribution in [0.2, 0.25) is 0 Å². The van der Waals surface area contributed by atoms with Crippen molar-refractivity contribution in [1.82, 2.24) is 0 Å². The summed E-state index contributed by atoms with van der Waals surface area (Å²) in [6.45, 7) is 1.53. The Morgan fingerprint density at radius 2 is 1.00 bits per heavy atom. The van der Waals surface area contributed by atoms with E-state index in [2.05, 4.69) is 0 Å². The summed E-state index contributed by atoms with van der Waals surface area (Å²) in [5.74, 6) is 3.02. The van der Waals surface area contributed by atoms with Gasteiger partial charge >= 0.3 is 0 Å². The first-order valence-electron chi connectivity index (χ1n) is 9.50. The molecule has 0 bridgehead atoms. The quantitative estimate of drug-likeness (QED) is 0.714. The van der Waals surface area contributed by atoms with Gasteiger partial charge in [0.2, 0.25) is 0 Å². The maximum atomic E-state index is 10.5. The van der Waals surface area contributed by atoms with Crippen molar-refractivity contribution in [3.05, 3.63) is 59.7 Å². The van der Waals surface area contributed by atoms with E-state index < -0.39 is 12.2 Å². The third-order valence-corrected chi connectivity index (χ3v) is 5.11. The Hall–Kier alpha value is -2.04. The Balaban J connectivity index is 1.34. The normalized spacial score (nSPS) is 19.0. The second-order valence-corrected chi connectivity index (χ2v) is 7.54. The summed E-state index contributed by atoms with van der Waals surface area (Å²) in [7, 11) is 0. The molecule has 4 nitrogen and oxygen atoms in total. The second kappa shape index (κ2) is 7.68. The summed E-state index contributed by atoms with van der Waals surface area (Å²) in [5, 5.41) is 21.0. The van der Waals surface area contributed by atoms with Crippen molar-refractivity contribution in [2.24, 2.45) is 11.8 Å². The van der Waals surface area contributed by atoms with Crippen LogP contribution in [0, 0.1) is 11.8 Å². The molecule has 2 N–H and O–H groups in total. The van der Waals surface area contributed by atoms with Gasteiger partial charge in [0, 0.05) is 0 Å². The molecule has 138 valence electrons. The summed E-state index contributed by atoms with van der Waals surface area (Å²) in [4.78, 5) is 0. The zero-order valence-electron chi connectivity index (χ0n) is 14.9. The zero-order chi connectivity index (χ0) is 17.9. The Kier molecular flexibility index (Phi) is 5.14. The molecule has 2 aromatic rings. The van der Waals surface area contributed by atoms with Gasteiger partial charge in [-0.15, -0.1) is 0 Å². The molecule has 2 atom stereocenters. The topological polar surface area (TPSA) is 58.9 Å². The monoisotopic (exact) mass is 354 g/mol. The van der Waals surface area contributed by atoms with Crippen molar-refractivity contribution in [1.29, 1.82) is 0 Å². The lowest BCUT2D eigenvalue weighted by Gasteiger charge is -2.19.